The van der Waals surface area contributed by atoms with Crippen molar-refractivity contribution >= 4 is 76.7 Å². The molecule has 0 spiro atoms. The number of para-hydroxylation sites is 1. The number of unbranched alkanes of at least 4 members (excludes halogenated alkanes) is 4. The largest absolute Gasteiger partial charge is 0.495 e. The van der Waals surface area contributed by atoms with Gasteiger partial charge in [-0.1, -0.05) is 115 Å². The van der Waals surface area contributed by atoms with Crippen LogP contribution in [0.5, 0.6) is 5.75 Å². The molecule has 4 aromatic rings. The lowest BCUT2D eigenvalue weighted by molar-refractivity contribution is -0.144. The van der Waals surface area contributed by atoms with Crippen LogP contribution >= 0.6 is 18.7 Å². The van der Waals surface area contributed by atoms with Crippen molar-refractivity contribution in [1.82, 2.24) is 35.7 Å². The van der Waals surface area contributed by atoms with E-state index in [1.54, 1.807) is 30.2 Å². The maximum Gasteiger partial charge on any atom is 0.246 e. The average molecular weight is 1070 g/mol. The Hall–Kier alpha value is -5.99. The molecule has 5 rings (SSSR count). The van der Waals surface area contributed by atoms with Crippen LogP contribution in [-0.4, -0.2) is 108 Å². The van der Waals surface area contributed by atoms with Crippen molar-refractivity contribution < 1.29 is 33.3 Å². The number of anilines is 4. The van der Waals surface area contributed by atoms with E-state index in [0.29, 0.717) is 78.3 Å². The minimum absolute atomic E-state index is 0.0676. The monoisotopic (exact) mass is 1070 g/mol. The topological polar surface area (TPSA) is 204 Å². The Bertz CT molecular complexity index is 2640. The number of likely N-dealkylation sites (tertiary alicyclic amines) is 1. The summed E-state index contributed by atoms with van der Waals surface area (Å²) in [6.07, 6.45) is 8.35. The number of hydrogen-bond acceptors (Lipinski definition) is 11. The number of aryl methyl sites for hydroxylation is 1. The van der Waals surface area contributed by atoms with Crippen LogP contribution in [-0.2, 0) is 35.0 Å². The highest BCUT2D eigenvalue weighted by Gasteiger charge is 2.45. The van der Waals surface area contributed by atoms with Crippen molar-refractivity contribution in [3.8, 4) is 5.75 Å². The summed E-state index contributed by atoms with van der Waals surface area (Å²) in [4.78, 5) is 80.4. The molecule has 0 aliphatic carbocycles. The van der Waals surface area contributed by atoms with Gasteiger partial charge in [0.05, 0.1) is 30.7 Å². The number of methoxy groups -OCH3 is 1. The third-order valence-corrected chi connectivity index (χ3v) is 15.8. The summed E-state index contributed by atoms with van der Waals surface area (Å²) < 4.78 is 18.7. The van der Waals surface area contributed by atoms with E-state index in [9.17, 15) is 28.5 Å². The molecule has 1 aliphatic rings. The number of carbonyl (C=O) groups excluding carboxylic acids is 5. The molecule has 0 unspecified atom stereocenters. The van der Waals surface area contributed by atoms with E-state index in [1.807, 2.05) is 122 Å². The Morgan fingerprint density at radius 3 is 2.21 bits per heavy atom. The van der Waals surface area contributed by atoms with Gasteiger partial charge in [-0.25, -0.2) is 4.98 Å². The normalized spacial score (nSPS) is 15.8. The fourth-order valence-corrected chi connectivity index (χ4v) is 10.5. The molecule has 0 saturated carbocycles. The molecule has 5 amide bonds. The molecule has 2 heterocycles. The Morgan fingerprint density at radius 1 is 0.893 bits per heavy atom. The molecule has 1 fully saturated rings. The number of aromatic nitrogens is 2. The quantitative estimate of drug-likeness (QED) is 0.0296. The van der Waals surface area contributed by atoms with Gasteiger partial charge in [0, 0.05) is 50.2 Å². The molecule has 75 heavy (non-hydrogen) atoms. The summed E-state index contributed by atoms with van der Waals surface area (Å²) in [5, 5.41) is 16.7. The van der Waals surface area contributed by atoms with Crippen molar-refractivity contribution in [2.24, 2.45) is 11.3 Å². The molecular formula is C57H81ClN9O7P. The molecule has 1 aliphatic heterocycles. The van der Waals surface area contributed by atoms with Gasteiger partial charge in [0.2, 0.25) is 35.5 Å². The van der Waals surface area contributed by atoms with Gasteiger partial charge in [-0.15, -0.1) is 0 Å². The number of nitrogens with one attached hydrogen (secondary N) is 5. The van der Waals surface area contributed by atoms with Gasteiger partial charge < -0.3 is 45.7 Å². The second-order valence-electron chi connectivity index (χ2n) is 21.3. The fraction of sp³-hybridized carbons (Fsp3) is 0.526. The molecule has 1 aromatic heterocycles. The molecule has 5 atom stereocenters. The first-order valence-corrected chi connectivity index (χ1v) is 29.4. The van der Waals surface area contributed by atoms with E-state index in [-0.39, 0.29) is 60.4 Å². The van der Waals surface area contributed by atoms with E-state index in [4.69, 9.17) is 16.3 Å². The van der Waals surface area contributed by atoms with Crippen molar-refractivity contribution in [2.45, 2.75) is 143 Å². The predicted molar refractivity (Wildman–Crippen MR) is 301 cm³/mol. The van der Waals surface area contributed by atoms with Crippen LogP contribution < -0.4 is 36.6 Å². The van der Waals surface area contributed by atoms with E-state index in [2.05, 4.69) is 36.6 Å². The van der Waals surface area contributed by atoms with Gasteiger partial charge in [0.25, 0.3) is 0 Å². The Balaban J connectivity index is 1.07. The van der Waals surface area contributed by atoms with Crippen LogP contribution in [0.15, 0.2) is 72.9 Å². The van der Waals surface area contributed by atoms with Gasteiger partial charge in [0.15, 0.2) is 5.82 Å². The summed E-state index contributed by atoms with van der Waals surface area (Å²) in [6, 6.07) is 18.6. The molecule has 1 saturated heterocycles. The molecule has 408 valence electrons. The number of rotatable bonds is 26. The zero-order valence-corrected chi connectivity index (χ0v) is 47.6. The maximum atomic E-state index is 14.4. The standard InChI is InChI=1S/C57H81ClN9O7P/c1-12-37(3)53(70)64-51(57(5,6)7)55(72)67-36-41(34-46(67)54(71)62-43(13-2)39-24-18-17-19-25-39)60-49(68)28-20-15-14-16-21-29-50(69)66(8)31-30-40-33-47(74-9)45(32-38(40)4)63-56-59-35-42(58)52(65-56)61-44-26-22-23-27-48(44)75(10,11)73/h17-19,22-27,32-33,35,37,41,43,46,51H,12-16,20-21,28-31,34,36H2,1-11H3,(H,60,68)(H,62,71)(H,64,70)(H2,59,61,63,65)/t37-,41+,43-,46+,51-/m1/s1. The minimum atomic E-state index is -2.59. The highest BCUT2D eigenvalue weighted by Crippen LogP contribution is 2.39. The first-order valence-electron chi connectivity index (χ1n) is 26.4. The Kier molecular flexibility index (Phi) is 22.1. The van der Waals surface area contributed by atoms with E-state index >= 15 is 0 Å². The van der Waals surface area contributed by atoms with Crippen molar-refractivity contribution in [1.29, 1.82) is 0 Å². The summed E-state index contributed by atoms with van der Waals surface area (Å²) in [6.45, 7) is 17.6. The molecule has 5 N–H and O–H groups in total. The van der Waals surface area contributed by atoms with E-state index in [1.165, 1.54) is 6.20 Å². The molecule has 16 nitrogen and oxygen atoms in total. The molecule has 3 aromatic carbocycles. The molecule has 0 radical (unpaired) electrons. The number of benzene rings is 3. The SMILES string of the molecule is CC[C@@H](C)C(=O)N[C@H](C(=O)N1C[C@@H](NC(=O)CCCCCCCC(=O)N(C)CCc2cc(OC)c(Nc3ncc(Cl)c(Nc4ccccc4P(C)(C)=O)n3)cc2C)C[C@H]1C(=O)N[C@H](CC)c1ccccc1)C(C)(C)C. The van der Waals surface area contributed by atoms with Crippen LogP contribution in [0, 0.1) is 18.3 Å². The first kappa shape index (κ1) is 59.9. The second-order valence-corrected chi connectivity index (χ2v) is 24.9. The number of halogens is 1. The van der Waals surface area contributed by atoms with Crippen LogP contribution in [0.1, 0.15) is 128 Å². The fourth-order valence-electron chi connectivity index (χ4n) is 9.17. The van der Waals surface area contributed by atoms with E-state index < -0.39 is 30.7 Å². The highest BCUT2D eigenvalue weighted by atomic mass is 35.5. The zero-order valence-electron chi connectivity index (χ0n) is 46.0. The van der Waals surface area contributed by atoms with Crippen molar-refractivity contribution in [2.75, 3.05) is 51.2 Å². The number of amides is 5. The van der Waals surface area contributed by atoms with Crippen LogP contribution in [0.2, 0.25) is 5.02 Å². The smallest absolute Gasteiger partial charge is 0.246 e. The summed E-state index contributed by atoms with van der Waals surface area (Å²) in [7, 11) is 0.826. The number of hydrogen-bond donors (Lipinski definition) is 5. The highest BCUT2D eigenvalue weighted by molar-refractivity contribution is 7.70. The summed E-state index contributed by atoms with van der Waals surface area (Å²) in [5.41, 5.74) is 3.67. The predicted octanol–water partition coefficient (Wildman–Crippen LogP) is 9.84. The summed E-state index contributed by atoms with van der Waals surface area (Å²) in [5.74, 6) is 0.0361. The average Bonchev–Trinajstić information content (AvgIpc) is 3.80. The van der Waals surface area contributed by atoms with Crippen LogP contribution in [0.3, 0.4) is 0 Å². The Morgan fingerprint density at radius 2 is 1.56 bits per heavy atom. The lowest BCUT2D eigenvalue weighted by atomic mass is 9.85. The van der Waals surface area contributed by atoms with Gasteiger partial charge in [-0.3, -0.25) is 24.0 Å². The first-order chi connectivity index (χ1) is 35.5. The maximum absolute atomic E-state index is 14.4. The lowest BCUT2D eigenvalue weighted by Gasteiger charge is -2.36. The number of likely N-dealkylation sites (N-methyl/N-ethyl adjacent to an activating group) is 1. The van der Waals surface area contributed by atoms with Crippen molar-refractivity contribution in [3.63, 3.8) is 0 Å². The van der Waals surface area contributed by atoms with E-state index in [0.717, 1.165) is 42.4 Å². The molecule has 18 heteroatoms. The minimum Gasteiger partial charge on any atom is -0.495 e. The second kappa shape index (κ2) is 27.7. The summed E-state index contributed by atoms with van der Waals surface area (Å²) >= 11 is 6.49. The van der Waals surface area contributed by atoms with Gasteiger partial charge >= 0.3 is 0 Å². The van der Waals surface area contributed by atoms with Crippen LogP contribution in [0.4, 0.5) is 23.1 Å². The number of nitrogens with zero attached hydrogens (tertiary/aromatic N) is 4. The third-order valence-electron chi connectivity index (χ3n) is 14.0. The van der Waals surface area contributed by atoms with Gasteiger partial charge in [0.1, 0.15) is 30.0 Å². The lowest BCUT2D eigenvalue weighted by Crippen LogP contribution is -2.58. The Labute approximate surface area is 450 Å². The molecule has 0 bridgehead atoms. The zero-order chi connectivity index (χ0) is 55.0. The van der Waals surface area contributed by atoms with Crippen molar-refractivity contribution in [3.05, 3.63) is 94.6 Å². The number of ether oxygens (including phenoxy) is 1. The van der Waals surface area contributed by atoms with Crippen LogP contribution in [0.25, 0.3) is 0 Å². The van der Waals surface area contributed by atoms with Gasteiger partial charge in [-0.2, -0.15) is 4.98 Å². The van der Waals surface area contributed by atoms with Gasteiger partial charge in [-0.05, 0) is 105 Å². The molecular weight excluding hydrogens is 989 g/mol. The number of carbonyl (C=O) groups is 5. The third kappa shape index (κ3) is 17.3.